The van der Waals surface area contributed by atoms with Gasteiger partial charge in [0.1, 0.15) is 0 Å². The molecule has 0 aromatic rings. The molecule has 11 heteroatoms. The van der Waals surface area contributed by atoms with E-state index in [1.807, 2.05) is 0 Å². The van der Waals surface area contributed by atoms with Gasteiger partial charge in [0.05, 0.1) is 0 Å². The van der Waals surface area contributed by atoms with Crippen LogP contribution in [0.15, 0.2) is 0 Å². The van der Waals surface area contributed by atoms with Crippen LogP contribution in [-0.4, -0.2) is 52.3 Å². The number of hydrogen-bond donors (Lipinski definition) is 4. The fraction of sp³-hybridized carbons (Fsp3) is 0.857. The highest BCUT2D eigenvalue weighted by molar-refractivity contribution is 8.05. The highest BCUT2D eigenvalue weighted by Crippen LogP contribution is 2.33. The van der Waals surface area contributed by atoms with Gasteiger partial charge in [0, 0.05) is 0 Å². The molecule has 0 heterocycles. The molecular formula is C7H14O9S2. The van der Waals surface area contributed by atoms with Gasteiger partial charge in [-0.3, -0.25) is 9.11 Å². The normalized spacial score (nSPS) is 15.3. The maximum atomic E-state index is 11.1. The van der Waals surface area contributed by atoms with Gasteiger partial charge in [0.2, 0.25) is 0 Å². The third-order valence-electron chi connectivity index (χ3n) is 2.40. The molecule has 0 aromatic carbocycles. The van der Waals surface area contributed by atoms with E-state index in [1.165, 1.54) is 6.92 Å². The van der Waals surface area contributed by atoms with Crippen LogP contribution in [0.25, 0.3) is 0 Å². The fourth-order valence-corrected chi connectivity index (χ4v) is 4.06. The van der Waals surface area contributed by atoms with Crippen LogP contribution >= 0.6 is 0 Å². The highest BCUT2D eigenvalue weighted by Gasteiger charge is 2.62. The van der Waals surface area contributed by atoms with E-state index in [4.69, 9.17) is 14.2 Å². The number of aliphatic hydroxyl groups excluding tert-OH is 1. The zero-order valence-electron chi connectivity index (χ0n) is 9.35. The fourth-order valence-electron chi connectivity index (χ4n) is 1.42. The molecule has 0 spiro atoms. The molecular weight excluding hydrogens is 292 g/mol. The number of carboxylic acid groups (broad SMARTS) is 1. The first-order valence-corrected chi connectivity index (χ1v) is 7.64. The monoisotopic (exact) mass is 306 g/mol. The van der Waals surface area contributed by atoms with Crippen LogP contribution < -0.4 is 0 Å². The zero-order valence-corrected chi connectivity index (χ0v) is 11.0. The van der Waals surface area contributed by atoms with Crippen molar-refractivity contribution in [2.45, 2.75) is 36.4 Å². The summed E-state index contributed by atoms with van der Waals surface area (Å²) in [5.74, 6) is -2.19. The molecule has 0 aliphatic rings. The number of aliphatic carboxylic acids is 1. The summed E-state index contributed by atoms with van der Waals surface area (Å²) in [6, 6.07) is 0. The van der Waals surface area contributed by atoms with E-state index in [0.29, 0.717) is 0 Å². The van der Waals surface area contributed by atoms with Crippen molar-refractivity contribution < 1.29 is 40.9 Å². The number of hydrogen-bond acceptors (Lipinski definition) is 6. The predicted molar refractivity (Wildman–Crippen MR) is 59.0 cm³/mol. The Kier molecular flexibility index (Phi) is 5.26. The van der Waals surface area contributed by atoms with Crippen molar-refractivity contribution in [1.82, 2.24) is 0 Å². The molecule has 4 N–H and O–H groups in total. The molecule has 1 unspecified atom stereocenters. The Morgan fingerprint density at radius 3 is 1.78 bits per heavy atom. The molecule has 0 radical (unpaired) electrons. The van der Waals surface area contributed by atoms with Crippen molar-refractivity contribution in [3.05, 3.63) is 0 Å². The van der Waals surface area contributed by atoms with Gasteiger partial charge < -0.3 is 10.2 Å². The molecule has 1 atom stereocenters. The van der Waals surface area contributed by atoms with E-state index < -0.39 is 42.8 Å². The Bertz CT molecular complexity index is 471. The second-order valence-corrected chi connectivity index (χ2v) is 7.22. The minimum Gasteiger partial charge on any atom is -0.479 e. The molecule has 0 saturated heterocycles. The quantitative estimate of drug-likeness (QED) is 0.435. The molecule has 0 rings (SSSR count). The highest BCUT2D eigenvalue weighted by atomic mass is 32.3. The van der Waals surface area contributed by atoms with Crippen LogP contribution in [-0.2, 0) is 25.0 Å². The smallest absolute Gasteiger partial charge is 0.335 e. The molecule has 18 heavy (non-hydrogen) atoms. The molecule has 0 aromatic heterocycles. The maximum Gasteiger partial charge on any atom is 0.335 e. The molecule has 0 aliphatic heterocycles. The number of aliphatic hydroxyl groups is 1. The Morgan fingerprint density at radius 1 is 1.17 bits per heavy atom. The van der Waals surface area contributed by atoms with Crippen molar-refractivity contribution in [3.63, 3.8) is 0 Å². The number of rotatable bonds is 7. The van der Waals surface area contributed by atoms with Gasteiger partial charge in [-0.2, -0.15) is 16.8 Å². The van der Waals surface area contributed by atoms with E-state index in [1.54, 1.807) is 0 Å². The van der Waals surface area contributed by atoms with Crippen molar-refractivity contribution >= 4 is 26.2 Å². The molecule has 0 bridgehead atoms. The van der Waals surface area contributed by atoms with Crippen molar-refractivity contribution in [2.24, 2.45) is 0 Å². The maximum absolute atomic E-state index is 11.1. The van der Waals surface area contributed by atoms with E-state index in [2.05, 4.69) is 0 Å². The van der Waals surface area contributed by atoms with E-state index in [-0.39, 0.29) is 12.8 Å². The standard InChI is InChI=1S/C7H14O9S2/c1-2-3-4-7(17(11,12)13,18(14,15)16)5(8)6(9)10/h5,8H,2-4H2,1H3,(H,9,10)(H,11,12,13)(H,14,15,16). The predicted octanol–water partition coefficient (Wildman–Crippen LogP) is -0.906. The molecule has 0 aliphatic carbocycles. The first-order valence-electron chi connectivity index (χ1n) is 4.76. The average molecular weight is 306 g/mol. The summed E-state index contributed by atoms with van der Waals surface area (Å²) in [4.78, 5) is 10.6. The summed E-state index contributed by atoms with van der Waals surface area (Å²) in [5.41, 5.74) is 0. The number of carbonyl (C=O) groups is 1. The van der Waals surface area contributed by atoms with Gasteiger partial charge in [-0.1, -0.05) is 19.8 Å². The Morgan fingerprint density at radius 2 is 1.56 bits per heavy atom. The first kappa shape index (κ1) is 17.2. The summed E-state index contributed by atoms with van der Waals surface area (Å²) in [6.45, 7) is 1.53. The third kappa shape index (κ3) is 2.98. The van der Waals surface area contributed by atoms with Gasteiger partial charge in [-0.05, 0) is 6.42 Å². The van der Waals surface area contributed by atoms with Gasteiger partial charge in [-0.25, -0.2) is 4.79 Å². The van der Waals surface area contributed by atoms with Gasteiger partial charge >= 0.3 is 5.97 Å². The second kappa shape index (κ2) is 5.48. The molecule has 9 nitrogen and oxygen atoms in total. The van der Waals surface area contributed by atoms with Crippen molar-refractivity contribution in [2.75, 3.05) is 0 Å². The Balaban J connectivity index is 6.15. The average Bonchev–Trinajstić information content (AvgIpc) is 2.13. The van der Waals surface area contributed by atoms with Crippen LogP contribution in [0.4, 0.5) is 0 Å². The number of unbranched alkanes of at least 4 members (excludes halogenated alkanes) is 1. The van der Waals surface area contributed by atoms with Gasteiger partial charge in [-0.15, -0.1) is 0 Å². The van der Waals surface area contributed by atoms with Crippen LogP contribution in [0.3, 0.4) is 0 Å². The van der Waals surface area contributed by atoms with Crippen molar-refractivity contribution in [1.29, 1.82) is 0 Å². The van der Waals surface area contributed by atoms with Crippen molar-refractivity contribution in [3.8, 4) is 0 Å². The molecule has 0 amide bonds. The Hall–Kier alpha value is -0.750. The molecule has 0 saturated carbocycles. The van der Waals surface area contributed by atoms with Gasteiger partial charge in [0.25, 0.3) is 24.3 Å². The Labute approximate surface area is 104 Å². The summed E-state index contributed by atoms with van der Waals surface area (Å²) >= 11 is 0. The van der Waals surface area contributed by atoms with E-state index in [9.17, 15) is 26.7 Å². The minimum atomic E-state index is -5.57. The second-order valence-electron chi connectivity index (χ2n) is 3.61. The summed E-state index contributed by atoms with van der Waals surface area (Å²) < 4.78 is 58.8. The first-order chi connectivity index (χ1) is 7.91. The molecule has 0 fully saturated rings. The zero-order chi connectivity index (χ0) is 14.8. The lowest BCUT2D eigenvalue weighted by Gasteiger charge is -2.29. The van der Waals surface area contributed by atoms with E-state index >= 15 is 0 Å². The largest absolute Gasteiger partial charge is 0.479 e. The number of carboxylic acids is 1. The van der Waals surface area contributed by atoms with E-state index in [0.717, 1.165) is 0 Å². The minimum absolute atomic E-state index is 0.149. The van der Waals surface area contributed by atoms with Gasteiger partial charge in [0.15, 0.2) is 6.10 Å². The lowest BCUT2D eigenvalue weighted by molar-refractivity contribution is -0.147. The summed E-state index contributed by atoms with van der Waals surface area (Å²) in [7, 11) is -11.1. The summed E-state index contributed by atoms with van der Waals surface area (Å²) in [5, 5.41) is 17.8. The van der Waals surface area contributed by atoms with Crippen LogP contribution in [0.5, 0.6) is 0 Å². The summed E-state index contributed by atoms with van der Waals surface area (Å²) in [6.07, 6.45) is -3.86. The van der Waals surface area contributed by atoms with Crippen LogP contribution in [0.2, 0.25) is 0 Å². The topological polar surface area (TPSA) is 166 Å². The lowest BCUT2D eigenvalue weighted by Crippen LogP contribution is -2.58. The van der Waals surface area contributed by atoms with Crippen LogP contribution in [0, 0.1) is 0 Å². The van der Waals surface area contributed by atoms with Crippen LogP contribution in [0.1, 0.15) is 26.2 Å². The third-order valence-corrected chi connectivity index (χ3v) is 6.27. The molecule has 108 valence electrons. The SMILES string of the molecule is CCCCC(C(O)C(=O)O)(S(=O)(=O)O)S(=O)(=O)O. The lowest BCUT2D eigenvalue weighted by atomic mass is 10.1.